The number of nitrogens with zero attached hydrogens (tertiary/aromatic N) is 2. The van der Waals surface area contributed by atoms with Gasteiger partial charge in [0.1, 0.15) is 0 Å². The summed E-state index contributed by atoms with van der Waals surface area (Å²) in [6.45, 7) is 2.88. The quantitative estimate of drug-likeness (QED) is 0.658. The average molecular weight is 414 g/mol. The van der Waals surface area contributed by atoms with Crippen LogP contribution < -0.4 is 15.4 Å². The molecular formula is C21H27N5O2S. The molecule has 3 aliphatic rings. The molecule has 2 amide bonds. The van der Waals surface area contributed by atoms with E-state index in [1.54, 1.807) is 12.3 Å². The number of nitrogens with one attached hydrogen (secondary N) is 3. The van der Waals surface area contributed by atoms with Gasteiger partial charge >= 0.3 is 6.03 Å². The third-order valence-corrected chi connectivity index (χ3v) is 7.48. The minimum Gasteiger partial charge on any atom is -0.308 e. The molecule has 7 nitrogen and oxygen atoms in total. The van der Waals surface area contributed by atoms with E-state index in [1.165, 1.54) is 27.7 Å². The topological polar surface area (TPSA) is 106 Å². The van der Waals surface area contributed by atoms with Crippen LogP contribution in [0.5, 0.6) is 0 Å². The second-order valence-corrected chi connectivity index (χ2v) is 10.1. The highest BCUT2D eigenvalue weighted by atomic mass is 32.2. The summed E-state index contributed by atoms with van der Waals surface area (Å²) < 4.78 is 19.0. The third kappa shape index (κ3) is 4.16. The number of aryl methyl sites for hydroxylation is 2. The first-order chi connectivity index (χ1) is 13.9. The van der Waals surface area contributed by atoms with Crippen LogP contribution in [0.15, 0.2) is 21.9 Å². The van der Waals surface area contributed by atoms with Gasteiger partial charge in [-0.3, -0.25) is 0 Å². The van der Waals surface area contributed by atoms with Gasteiger partial charge in [0.2, 0.25) is 6.19 Å². The van der Waals surface area contributed by atoms with Crippen molar-refractivity contribution in [3.63, 3.8) is 0 Å². The molecular weight excluding hydrogens is 386 g/mol. The summed E-state index contributed by atoms with van der Waals surface area (Å²) in [5, 5.41) is 16.6. The monoisotopic (exact) mass is 413 g/mol. The number of carbonyl (C=O) groups excluding carboxylic acids is 1. The van der Waals surface area contributed by atoms with Gasteiger partial charge in [-0.15, -0.1) is 0 Å². The van der Waals surface area contributed by atoms with Crippen LogP contribution in [0.4, 0.5) is 10.5 Å². The van der Waals surface area contributed by atoms with E-state index < -0.39 is 15.9 Å². The molecule has 8 heteroatoms. The van der Waals surface area contributed by atoms with Crippen molar-refractivity contribution in [3.05, 3.63) is 39.8 Å². The molecule has 1 aromatic carbocycles. The Morgan fingerprint density at radius 1 is 1.24 bits per heavy atom. The lowest BCUT2D eigenvalue weighted by Crippen LogP contribution is -2.36. The third-order valence-electron chi connectivity index (χ3n) is 6.15. The van der Waals surface area contributed by atoms with Crippen molar-refractivity contribution in [2.24, 2.45) is 4.36 Å². The molecule has 154 valence electrons. The van der Waals surface area contributed by atoms with E-state index in [-0.39, 0.29) is 5.54 Å². The van der Waals surface area contributed by atoms with Crippen LogP contribution >= 0.6 is 0 Å². The Labute approximate surface area is 172 Å². The van der Waals surface area contributed by atoms with E-state index in [0.29, 0.717) is 0 Å². The first-order valence-electron chi connectivity index (χ1n) is 10.3. The zero-order chi connectivity index (χ0) is 20.5. The number of hydrogen-bond donors (Lipinski definition) is 3. The number of carbonyl (C=O) groups is 1. The Morgan fingerprint density at radius 2 is 1.93 bits per heavy atom. The maximum absolute atomic E-state index is 13.1. The molecule has 2 atom stereocenters. The van der Waals surface area contributed by atoms with Crippen LogP contribution in [0.2, 0.25) is 0 Å². The Morgan fingerprint density at radius 3 is 2.52 bits per heavy atom. The lowest BCUT2D eigenvalue weighted by molar-refractivity contribution is 0.257. The number of hydrogen-bond acceptors (Lipinski definition) is 5. The summed E-state index contributed by atoms with van der Waals surface area (Å²) in [6.07, 6.45) is 11.4. The van der Waals surface area contributed by atoms with Crippen LogP contribution in [0.1, 0.15) is 54.9 Å². The highest BCUT2D eigenvalue weighted by molar-refractivity contribution is 7.95. The first-order valence-corrected chi connectivity index (χ1v) is 11.8. The van der Waals surface area contributed by atoms with Gasteiger partial charge in [-0.2, -0.15) is 5.26 Å². The summed E-state index contributed by atoms with van der Waals surface area (Å²) in [5.74, 6) is 0. The van der Waals surface area contributed by atoms with Crippen molar-refractivity contribution in [1.29, 1.82) is 5.26 Å². The average Bonchev–Trinajstić information content (AvgIpc) is 3.41. The van der Waals surface area contributed by atoms with Gasteiger partial charge in [0, 0.05) is 16.6 Å². The van der Waals surface area contributed by atoms with E-state index in [2.05, 4.69) is 25.8 Å². The molecule has 4 rings (SSSR count). The molecule has 0 spiro atoms. The standard InChI is InChI=1S/C21H27N5O2S/c1-21(9-4-11-23-21)10-12-29(28,24-14-22)26-20(27)25-19-17-7-2-5-15(17)13-16-6-3-8-18(16)19/h10,12-13,23H,2-9,11H2,1H3,(H2,24,25,26,27,28)/b12-10+/t21-,29?/m0/s1. The number of fused-ring (bicyclic) bond motifs is 2. The Bertz CT molecular complexity index is 992. The fraction of sp³-hybridized carbons (Fsp3) is 0.524. The van der Waals surface area contributed by atoms with Gasteiger partial charge in [0.25, 0.3) is 0 Å². The summed E-state index contributed by atoms with van der Waals surface area (Å²) in [4.78, 5) is 12.8. The fourth-order valence-corrected chi connectivity index (χ4v) is 5.79. The number of amides is 2. The second-order valence-electron chi connectivity index (χ2n) is 8.30. The largest absolute Gasteiger partial charge is 0.331 e. The maximum atomic E-state index is 13.1. The van der Waals surface area contributed by atoms with Gasteiger partial charge in [-0.1, -0.05) is 16.5 Å². The molecule has 1 aliphatic heterocycles. The van der Waals surface area contributed by atoms with E-state index in [9.17, 15) is 9.00 Å². The molecule has 0 saturated carbocycles. The van der Waals surface area contributed by atoms with Crippen molar-refractivity contribution < 1.29 is 9.00 Å². The van der Waals surface area contributed by atoms with Gasteiger partial charge in [-0.25, -0.2) is 13.7 Å². The van der Waals surface area contributed by atoms with Crippen molar-refractivity contribution in [2.45, 2.75) is 63.8 Å². The molecule has 0 radical (unpaired) electrons. The Kier molecular flexibility index (Phi) is 5.36. The number of anilines is 1. The smallest absolute Gasteiger partial charge is 0.308 e. The highest BCUT2D eigenvalue weighted by Gasteiger charge is 2.27. The molecule has 1 unspecified atom stereocenters. The molecule has 0 aromatic heterocycles. The first kappa shape index (κ1) is 19.9. The zero-order valence-corrected chi connectivity index (χ0v) is 17.5. The van der Waals surface area contributed by atoms with E-state index in [0.717, 1.165) is 63.6 Å². The Balaban J connectivity index is 1.56. The number of urea groups is 1. The van der Waals surface area contributed by atoms with E-state index in [4.69, 9.17) is 5.26 Å². The minimum atomic E-state index is -3.33. The van der Waals surface area contributed by atoms with Crippen molar-refractivity contribution in [2.75, 3.05) is 11.9 Å². The van der Waals surface area contributed by atoms with Gasteiger partial charge in [0.15, 0.2) is 9.92 Å². The lowest BCUT2D eigenvalue weighted by Gasteiger charge is -2.20. The summed E-state index contributed by atoms with van der Waals surface area (Å²) in [5.41, 5.74) is 5.59. The van der Waals surface area contributed by atoms with Crippen molar-refractivity contribution >= 4 is 21.6 Å². The lowest BCUT2D eigenvalue weighted by atomic mass is 9.99. The zero-order valence-electron chi connectivity index (χ0n) is 16.7. The SMILES string of the molecule is C[C@@]1(/C=C/S(=O)(=NC#N)NC(=O)Nc2c3c(cc4c2CCC4)CCC3)CCCN1. The molecule has 1 saturated heterocycles. The number of nitriles is 1. The summed E-state index contributed by atoms with van der Waals surface area (Å²) in [6, 6.07) is 1.71. The predicted molar refractivity (Wildman–Crippen MR) is 114 cm³/mol. The van der Waals surface area contributed by atoms with Gasteiger partial charge in [0.05, 0.1) is 0 Å². The molecule has 1 aromatic rings. The summed E-state index contributed by atoms with van der Waals surface area (Å²) in [7, 11) is -3.33. The normalized spacial score (nSPS) is 24.6. The maximum Gasteiger partial charge on any atom is 0.331 e. The molecule has 1 heterocycles. The molecule has 0 bridgehead atoms. The van der Waals surface area contributed by atoms with Crippen LogP contribution in [0, 0.1) is 11.5 Å². The van der Waals surface area contributed by atoms with Crippen LogP contribution in [-0.2, 0) is 35.6 Å². The predicted octanol–water partition coefficient (Wildman–Crippen LogP) is 3.31. The van der Waals surface area contributed by atoms with Gasteiger partial charge in [-0.05, 0) is 87.1 Å². The van der Waals surface area contributed by atoms with Gasteiger partial charge < -0.3 is 10.6 Å². The fourth-order valence-electron chi connectivity index (χ4n) is 4.69. The summed E-state index contributed by atoms with van der Waals surface area (Å²) >= 11 is 0. The number of benzene rings is 1. The minimum absolute atomic E-state index is 0.299. The number of rotatable bonds is 4. The highest BCUT2D eigenvalue weighted by Crippen LogP contribution is 2.38. The Hall–Kier alpha value is -2.37. The van der Waals surface area contributed by atoms with E-state index in [1.807, 2.05) is 6.92 Å². The van der Waals surface area contributed by atoms with Crippen LogP contribution in [-0.4, -0.2) is 22.3 Å². The molecule has 1 fully saturated rings. The van der Waals surface area contributed by atoms with Crippen molar-refractivity contribution in [1.82, 2.24) is 10.0 Å². The van der Waals surface area contributed by atoms with Crippen LogP contribution in [0.25, 0.3) is 0 Å². The molecule has 2 aliphatic carbocycles. The van der Waals surface area contributed by atoms with Crippen LogP contribution in [0.3, 0.4) is 0 Å². The second kappa shape index (κ2) is 7.81. The molecule has 29 heavy (non-hydrogen) atoms. The van der Waals surface area contributed by atoms with E-state index >= 15 is 0 Å². The molecule has 3 N–H and O–H groups in total. The van der Waals surface area contributed by atoms with Crippen molar-refractivity contribution in [3.8, 4) is 6.19 Å².